The minimum absolute atomic E-state index is 0.0644. The van der Waals surface area contributed by atoms with Gasteiger partial charge in [0.25, 0.3) is 5.56 Å². The van der Waals surface area contributed by atoms with Crippen LogP contribution in [0.15, 0.2) is 58.5 Å². The number of hydrogen-bond acceptors (Lipinski definition) is 5. The van der Waals surface area contributed by atoms with Gasteiger partial charge in [0.15, 0.2) is 11.0 Å². The summed E-state index contributed by atoms with van der Waals surface area (Å²) < 4.78 is 17.6. The monoisotopic (exact) mass is 477 g/mol. The predicted octanol–water partition coefficient (Wildman–Crippen LogP) is 4.44. The van der Waals surface area contributed by atoms with Gasteiger partial charge in [-0.1, -0.05) is 42.4 Å². The molecule has 0 radical (unpaired) electrons. The zero-order chi connectivity index (χ0) is 23.7. The minimum atomic E-state index is -0.462. The summed E-state index contributed by atoms with van der Waals surface area (Å²) in [6.07, 6.45) is 3.76. The Labute approximate surface area is 200 Å². The van der Waals surface area contributed by atoms with Gasteiger partial charge in [0.2, 0.25) is 5.91 Å². The van der Waals surface area contributed by atoms with Crippen molar-refractivity contribution in [3.63, 3.8) is 0 Å². The summed E-state index contributed by atoms with van der Waals surface area (Å²) in [4.78, 5) is 30.5. The van der Waals surface area contributed by atoms with E-state index in [1.54, 1.807) is 19.1 Å². The van der Waals surface area contributed by atoms with Crippen LogP contribution < -0.4 is 10.9 Å². The van der Waals surface area contributed by atoms with Gasteiger partial charge in [0, 0.05) is 12.2 Å². The Bertz CT molecular complexity index is 1380. The topological polar surface area (TPSA) is 81.8 Å². The van der Waals surface area contributed by atoms with Gasteiger partial charge in [-0.15, -0.1) is 5.10 Å². The maximum atomic E-state index is 14.1. The number of hydrogen-bond donors (Lipinski definition) is 1. The normalized spacial score (nSPS) is 13.5. The molecule has 1 amide bonds. The number of amides is 1. The summed E-state index contributed by atoms with van der Waals surface area (Å²) in [5.41, 5.74) is 2.91. The molecule has 34 heavy (non-hydrogen) atoms. The molecule has 3 aliphatic heterocycles. The number of carbonyl (C=O) groups is 1. The largest absolute Gasteiger partial charge is 0.324 e. The lowest BCUT2D eigenvalue weighted by atomic mass is 10.1. The van der Waals surface area contributed by atoms with Crippen molar-refractivity contribution in [1.82, 2.24) is 19.3 Å². The molecule has 1 N–H and O–H groups in total. The minimum Gasteiger partial charge on any atom is -0.324 e. The average molecular weight is 478 g/mol. The van der Waals surface area contributed by atoms with Crippen LogP contribution in [0.3, 0.4) is 0 Å². The van der Waals surface area contributed by atoms with Gasteiger partial charge in [0.05, 0.1) is 17.1 Å². The van der Waals surface area contributed by atoms with E-state index in [-0.39, 0.29) is 22.9 Å². The molecule has 2 aromatic rings. The van der Waals surface area contributed by atoms with Crippen molar-refractivity contribution >= 4 is 23.4 Å². The Morgan fingerprint density at radius 3 is 2.76 bits per heavy atom. The van der Waals surface area contributed by atoms with E-state index in [2.05, 4.69) is 20.0 Å². The molecule has 0 bridgehead atoms. The highest BCUT2D eigenvalue weighted by atomic mass is 32.2. The first kappa shape index (κ1) is 22.3. The number of aromatic nitrogens is 4. The summed E-state index contributed by atoms with van der Waals surface area (Å²) in [6.45, 7) is 2.52. The molecule has 0 atom stereocenters. The molecule has 0 spiro atoms. The molecule has 0 saturated heterocycles. The number of nitrogens with one attached hydrogen (secondary N) is 1. The van der Waals surface area contributed by atoms with Crippen LogP contribution in [-0.4, -0.2) is 31.0 Å². The molecule has 9 heteroatoms. The average Bonchev–Trinajstić information content (AvgIpc) is 2.99. The van der Waals surface area contributed by atoms with Gasteiger partial charge in [-0.05, 0) is 56.0 Å². The lowest BCUT2D eigenvalue weighted by Crippen LogP contribution is -2.20. The third-order valence-corrected chi connectivity index (χ3v) is 6.87. The molecule has 0 fully saturated rings. The van der Waals surface area contributed by atoms with E-state index in [1.165, 1.54) is 22.5 Å². The van der Waals surface area contributed by atoms with E-state index >= 15 is 0 Å². The first-order chi connectivity index (χ1) is 16.5. The van der Waals surface area contributed by atoms with Crippen LogP contribution in [0.1, 0.15) is 30.5 Å². The molecule has 7 nitrogen and oxygen atoms in total. The zero-order valence-corrected chi connectivity index (χ0v) is 19.6. The Balaban J connectivity index is 1.47. The van der Waals surface area contributed by atoms with Crippen molar-refractivity contribution in [3.8, 4) is 17.1 Å². The molecule has 0 unspecified atom stereocenters. The summed E-state index contributed by atoms with van der Waals surface area (Å²) in [6, 6.07) is 14.0. The van der Waals surface area contributed by atoms with Crippen LogP contribution in [0.4, 0.5) is 10.1 Å². The van der Waals surface area contributed by atoms with Crippen molar-refractivity contribution in [2.45, 2.75) is 44.3 Å². The lowest BCUT2D eigenvalue weighted by Gasteiger charge is -2.17. The fourth-order valence-corrected chi connectivity index (χ4v) is 5.09. The highest BCUT2D eigenvalue weighted by Crippen LogP contribution is 2.30. The molecule has 3 aliphatic rings. The Kier molecular flexibility index (Phi) is 6.19. The van der Waals surface area contributed by atoms with E-state index in [0.717, 1.165) is 43.5 Å². The van der Waals surface area contributed by atoms with Gasteiger partial charge in [-0.2, -0.15) is 4.68 Å². The number of thioether (sulfide) groups is 1. The second kappa shape index (κ2) is 9.42. The first-order valence-electron chi connectivity index (χ1n) is 11.3. The highest BCUT2D eigenvalue weighted by Gasteiger charge is 2.27. The third kappa shape index (κ3) is 4.35. The van der Waals surface area contributed by atoms with Gasteiger partial charge in [0.1, 0.15) is 11.4 Å². The molecule has 5 rings (SSSR count). The smallest absolute Gasteiger partial charge is 0.284 e. The molecule has 2 aromatic carbocycles. The number of nitrogens with zero attached hydrogens (tertiary/aromatic N) is 4. The van der Waals surface area contributed by atoms with Crippen LogP contribution in [-0.2, 0) is 17.8 Å². The van der Waals surface area contributed by atoms with Gasteiger partial charge < -0.3 is 9.88 Å². The van der Waals surface area contributed by atoms with Crippen LogP contribution in [0.2, 0.25) is 0 Å². The van der Waals surface area contributed by atoms with Gasteiger partial charge in [-0.3, -0.25) is 9.59 Å². The van der Waals surface area contributed by atoms with Crippen molar-refractivity contribution in [2.75, 3.05) is 11.1 Å². The number of anilines is 1. The van der Waals surface area contributed by atoms with Crippen molar-refractivity contribution in [2.24, 2.45) is 0 Å². The SMILES string of the molecule is Cc1ccc(NC(=O)CSc2nc3nn(-c4ccccc4)c(=O)c-3c3n2CCCCC3)c(F)c1. The molecule has 3 heterocycles. The fourth-order valence-electron chi connectivity index (χ4n) is 4.25. The maximum absolute atomic E-state index is 14.1. The molecule has 0 saturated carbocycles. The Morgan fingerprint density at radius 1 is 1.15 bits per heavy atom. The van der Waals surface area contributed by atoms with Crippen LogP contribution in [0, 0.1) is 12.7 Å². The highest BCUT2D eigenvalue weighted by molar-refractivity contribution is 7.99. The number of benzene rings is 2. The van der Waals surface area contributed by atoms with E-state index in [9.17, 15) is 14.0 Å². The second-order valence-corrected chi connectivity index (χ2v) is 9.32. The zero-order valence-electron chi connectivity index (χ0n) is 18.8. The van der Waals surface area contributed by atoms with Crippen LogP contribution in [0.5, 0.6) is 0 Å². The van der Waals surface area contributed by atoms with E-state index in [0.29, 0.717) is 22.2 Å². The number of para-hydroxylation sites is 1. The van der Waals surface area contributed by atoms with Gasteiger partial charge >= 0.3 is 0 Å². The number of carbonyl (C=O) groups excluding carboxylic acids is 1. The van der Waals surface area contributed by atoms with Crippen molar-refractivity contribution in [3.05, 3.63) is 76.0 Å². The predicted molar refractivity (Wildman–Crippen MR) is 130 cm³/mol. The summed E-state index contributed by atoms with van der Waals surface area (Å²) in [5.74, 6) is -0.337. The molecule has 0 aliphatic carbocycles. The van der Waals surface area contributed by atoms with Crippen molar-refractivity contribution in [1.29, 1.82) is 0 Å². The Morgan fingerprint density at radius 2 is 1.97 bits per heavy atom. The number of rotatable bonds is 5. The maximum Gasteiger partial charge on any atom is 0.284 e. The molecular formula is C25H24FN5O2S. The number of fused-ring (bicyclic) bond motifs is 3. The molecule has 174 valence electrons. The van der Waals surface area contributed by atoms with Crippen LogP contribution in [0.25, 0.3) is 17.1 Å². The molecular weight excluding hydrogens is 453 g/mol. The quantitative estimate of drug-likeness (QED) is 0.340. The second-order valence-electron chi connectivity index (χ2n) is 8.37. The van der Waals surface area contributed by atoms with E-state index in [4.69, 9.17) is 0 Å². The summed E-state index contributed by atoms with van der Waals surface area (Å²) >= 11 is 1.27. The van der Waals surface area contributed by atoms with E-state index < -0.39 is 5.82 Å². The standard InChI is InChI=1S/C25H24FN5O2S/c1-16-11-12-19(18(26)14-16)27-21(32)15-34-25-28-23-22(20-10-6-3-7-13-30(20)25)24(33)31(29-23)17-8-4-2-5-9-17/h2,4-5,8-9,11-12,14H,3,6-7,10,13,15H2,1H3,(H,27,32). The summed E-state index contributed by atoms with van der Waals surface area (Å²) in [7, 11) is 0. The lowest BCUT2D eigenvalue weighted by molar-refractivity contribution is -0.113. The van der Waals surface area contributed by atoms with Gasteiger partial charge in [-0.25, -0.2) is 9.37 Å². The van der Waals surface area contributed by atoms with Crippen molar-refractivity contribution < 1.29 is 9.18 Å². The number of aryl methyl sites for hydroxylation is 1. The van der Waals surface area contributed by atoms with Crippen LogP contribution >= 0.6 is 11.8 Å². The first-order valence-corrected chi connectivity index (χ1v) is 12.3. The number of halogens is 1. The summed E-state index contributed by atoms with van der Waals surface area (Å²) in [5, 5.41) is 7.78. The molecule has 0 aromatic heterocycles. The fraction of sp³-hybridized carbons (Fsp3) is 0.280. The van der Waals surface area contributed by atoms with E-state index in [1.807, 2.05) is 30.3 Å². The third-order valence-electron chi connectivity index (χ3n) is 5.90. The Hall–Kier alpha value is -3.46.